The Hall–Kier alpha value is -3.41. The maximum absolute atomic E-state index is 13.5. The summed E-state index contributed by atoms with van der Waals surface area (Å²) in [6, 6.07) is 14.3. The van der Waals surface area contributed by atoms with Crippen molar-refractivity contribution in [2.75, 3.05) is 21.3 Å². The Labute approximate surface area is 181 Å². The average molecular weight is 422 g/mol. The van der Waals surface area contributed by atoms with Gasteiger partial charge in [0.25, 0.3) is 0 Å². The standard InChI is InChI=1S/C25H26O6/c1-16-6-11-18(12-7-16)21(26)24(2)20(25(24,22(27)30-4)23(28)31-5)15-10-17-8-13-19(29-3)14-9-17/h6-15,20H,1-5H3/b15-10+/t20-,24+/m1/s1. The van der Waals surface area contributed by atoms with Gasteiger partial charge in [-0.25, -0.2) is 0 Å². The van der Waals surface area contributed by atoms with Crippen LogP contribution in [0.2, 0.25) is 0 Å². The fraction of sp³-hybridized carbons (Fsp3) is 0.320. The molecule has 31 heavy (non-hydrogen) atoms. The van der Waals surface area contributed by atoms with E-state index in [1.165, 1.54) is 14.2 Å². The molecule has 0 unspecified atom stereocenters. The average Bonchev–Trinajstić information content (AvgIpc) is 3.37. The van der Waals surface area contributed by atoms with Crippen LogP contribution in [0, 0.1) is 23.7 Å². The zero-order valence-corrected chi connectivity index (χ0v) is 18.3. The van der Waals surface area contributed by atoms with Crippen molar-refractivity contribution in [2.24, 2.45) is 16.7 Å². The second-order valence-electron chi connectivity index (χ2n) is 7.80. The van der Waals surface area contributed by atoms with E-state index in [1.807, 2.05) is 31.2 Å². The Morgan fingerprint density at radius 1 is 0.871 bits per heavy atom. The molecule has 6 nitrogen and oxygen atoms in total. The SMILES string of the molecule is COC(=O)C1(C(=O)OC)[C@H](/C=C/c2ccc(OC)cc2)[C@@]1(C)C(=O)c1ccc(C)cc1. The van der Waals surface area contributed by atoms with Gasteiger partial charge in [0.1, 0.15) is 5.75 Å². The van der Waals surface area contributed by atoms with Gasteiger partial charge < -0.3 is 14.2 Å². The van der Waals surface area contributed by atoms with E-state index in [0.717, 1.165) is 11.1 Å². The zero-order valence-electron chi connectivity index (χ0n) is 18.3. The van der Waals surface area contributed by atoms with E-state index in [2.05, 4.69) is 0 Å². The van der Waals surface area contributed by atoms with Crippen molar-refractivity contribution in [1.82, 2.24) is 0 Å². The lowest BCUT2D eigenvalue weighted by atomic mass is 9.86. The van der Waals surface area contributed by atoms with Gasteiger partial charge in [-0.2, -0.15) is 0 Å². The Kier molecular flexibility index (Phi) is 6.02. The lowest BCUT2D eigenvalue weighted by Gasteiger charge is -2.17. The van der Waals surface area contributed by atoms with Gasteiger partial charge in [0, 0.05) is 11.5 Å². The van der Waals surface area contributed by atoms with Crippen LogP contribution in [-0.4, -0.2) is 39.1 Å². The molecular formula is C25H26O6. The number of benzene rings is 2. The summed E-state index contributed by atoms with van der Waals surface area (Å²) in [7, 11) is 3.98. The second kappa shape index (κ2) is 8.38. The molecule has 0 N–H and O–H groups in total. The van der Waals surface area contributed by atoms with Crippen molar-refractivity contribution in [2.45, 2.75) is 13.8 Å². The molecule has 0 radical (unpaired) electrons. The first-order valence-corrected chi connectivity index (χ1v) is 9.87. The number of carbonyl (C=O) groups is 3. The fourth-order valence-corrected chi connectivity index (χ4v) is 4.32. The number of carbonyl (C=O) groups excluding carboxylic acids is 3. The zero-order chi connectivity index (χ0) is 22.8. The van der Waals surface area contributed by atoms with E-state index >= 15 is 0 Å². The Balaban J connectivity index is 2.06. The molecule has 1 aliphatic rings. The molecule has 2 aromatic carbocycles. The number of Topliss-reactive ketones (excluding diaryl/α,β-unsaturated/α-hetero) is 1. The summed E-state index contributed by atoms with van der Waals surface area (Å²) in [6.45, 7) is 3.53. The molecule has 1 fully saturated rings. The normalized spacial score (nSPS) is 21.4. The lowest BCUT2D eigenvalue weighted by molar-refractivity contribution is -0.163. The molecule has 0 heterocycles. The van der Waals surface area contributed by atoms with Crippen LogP contribution in [0.15, 0.2) is 54.6 Å². The number of allylic oxidation sites excluding steroid dienone is 1. The molecule has 3 rings (SSSR count). The minimum atomic E-state index is -1.75. The van der Waals surface area contributed by atoms with Crippen molar-refractivity contribution in [3.63, 3.8) is 0 Å². The number of hydrogen-bond acceptors (Lipinski definition) is 6. The van der Waals surface area contributed by atoms with E-state index in [9.17, 15) is 14.4 Å². The molecule has 0 aromatic heterocycles. The van der Waals surface area contributed by atoms with Crippen LogP contribution in [0.4, 0.5) is 0 Å². The van der Waals surface area contributed by atoms with Gasteiger partial charge in [0.05, 0.1) is 26.7 Å². The highest BCUT2D eigenvalue weighted by atomic mass is 16.5. The van der Waals surface area contributed by atoms with Crippen LogP contribution in [-0.2, 0) is 19.1 Å². The van der Waals surface area contributed by atoms with Gasteiger partial charge in [0.2, 0.25) is 0 Å². The molecule has 0 spiro atoms. The third-order valence-corrected chi connectivity index (χ3v) is 6.22. The molecule has 0 aliphatic heterocycles. The fourth-order valence-electron chi connectivity index (χ4n) is 4.32. The predicted molar refractivity (Wildman–Crippen MR) is 116 cm³/mol. The first-order valence-electron chi connectivity index (χ1n) is 9.87. The molecule has 162 valence electrons. The number of hydrogen-bond donors (Lipinski definition) is 0. The summed E-state index contributed by atoms with van der Waals surface area (Å²) < 4.78 is 15.1. The Bertz CT molecular complexity index is 1000. The van der Waals surface area contributed by atoms with E-state index < -0.39 is 28.7 Å². The van der Waals surface area contributed by atoms with Crippen molar-refractivity contribution < 1.29 is 28.6 Å². The summed E-state index contributed by atoms with van der Waals surface area (Å²) in [4.78, 5) is 39.3. The molecule has 2 atom stereocenters. The minimum Gasteiger partial charge on any atom is -0.497 e. The predicted octanol–water partition coefficient (Wildman–Crippen LogP) is 3.87. The molecule has 6 heteroatoms. The van der Waals surface area contributed by atoms with Crippen molar-refractivity contribution >= 4 is 23.8 Å². The highest BCUT2D eigenvalue weighted by molar-refractivity contribution is 6.17. The van der Waals surface area contributed by atoms with Gasteiger partial charge in [-0.1, -0.05) is 54.1 Å². The maximum Gasteiger partial charge on any atom is 0.324 e. The van der Waals surface area contributed by atoms with Gasteiger partial charge in [-0.3, -0.25) is 14.4 Å². The van der Waals surface area contributed by atoms with Crippen LogP contribution in [0.3, 0.4) is 0 Å². The quantitative estimate of drug-likeness (QED) is 0.383. The smallest absolute Gasteiger partial charge is 0.324 e. The molecule has 1 saturated carbocycles. The summed E-state index contributed by atoms with van der Waals surface area (Å²) >= 11 is 0. The van der Waals surface area contributed by atoms with E-state index in [4.69, 9.17) is 14.2 Å². The van der Waals surface area contributed by atoms with E-state index in [-0.39, 0.29) is 5.78 Å². The number of aryl methyl sites for hydroxylation is 1. The summed E-state index contributed by atoms with van der Waals surface area (Å²) in [5.74, 6) is -1.90. The van der Waals surface area contributed by atoms with Crippen LogP contribution >= 0.6 is 0 Å². The Morgan fingerprint density at radius 3 is 1.90 bits per heavy atom. The number of methoxy groups -OCH3 is 3. The van der Waals surface area contributed by atoms with Crippen molar-refractivity contribution in [3.05, 3.63) is 71.3 Å². The monoisotopic (exact) mass is 422 g/mol. The molecule has 0 bridgehead atoms. The number of ether oxygens (including phenoxy) is 3. The summed E-state index contributed by atoms with van der Waals surface area (Å²) in [6.07, 6.45) is 3.49. The first-order chi connectivity index (χ1) is 14.8. The first kappa shape index (κ1) is 22.3. The molecule has 1 aliphatic carbocycles. The number of ketones is 1. The van der Waals surface area contributed by atoms with Crippen LogP contribution in [0.25, 0.3) is 6.08 Å². The number of esters is 2. The minimum absolute atomic E-state index is 0.312. The maximum atomic E-state index is 13.5. The van der Waals surface area contributed by atoms with Crippen LogP contribution in [0.1, 0.15) is 28.4 Å². The molecule has 0 saturated heterocycles. The third kappa shape index (κ3) is 3.42. The second-order valence-corrected chi connectivity index (χ2v) is 7.80. The van der Waals surface area contributed by atoms with E-state index in [1.54, 1.807) is 50.5 Å². The summed E-state index contributed by atoms with van der Waals surface area (Å²) in [5, 5.41) is 0. The molecule has 0 amide bonds. The third-order valence-electron chi connectivity index (χ3n) is 6.22. The van der Waals surface area contributed by atoms with Gasteiger partial charge in [0.15, 0.2) is 11.2 Å². The van der Waals surface area contributed by atoms with Crippen LogP contribution in [0.5, 0.6) is 5.75 Å². The molecular weight excluding hydrogens is 396 g/mol. The highest BCUT2D eigenvalue weighted by Gasteiger charge is 2.86. The van der Waals surface area contributed by atoms with Crippen molar-refractivity contribution in [1.29, 1.82) is 0 Å². The van der Waals surface area contributed by atoms with Crippen LogP contribution < -0.4 is 4.74 Å². The van der Waals surface area contributed by atoms with Gasteiger partial charge in [-0.05, 0) is 31.5 Å². The van der Waals surface area contributed by atoms with Crippen molar-refractivity contribution in [3.8, 4) is 5.75 Å². The highest BCUT2D eigenvalue weighted by Crippen LogP contribution is 2.72. The largest absolute Gasteiger partial charge is 0.497 e. The van der Waals surface area contributed by atoms with Gasteiger partial charge in [-0.15, -0.1) is 0 Å². The summed E-state index contributed by atoms with van der Waals surface area (Å²) in [5.41, 5.74) is -0.833. The topological polar surface area (TPSA) is 78.9 Å². The van der Waals surface area contributed by atoms with Gasteiger partial charge >= 0.3 is 11.9 Å². The van der Waals surface area contributed by atoms with E-state index in [0.29, 0.717) is 11.3 Å². The lowest BCUT2D eigenvalue weighted by Crippen LogP contribution is -2.36. The molecule has 2 aromatic rings. The number of rotatable bonds is 7. The Morgan fingerprint density at radius 2 is 1.42 bits per heavy atom.